The molecule has 0 radical (unpaired) electrons. The minimum Gasteiger partial charge on any atom is -0.352 e. The molecule has 0 saturated carbocycles. The highest BCUT2D eigenvalue weighted by molar-refractivity contribution is 8.02. The Kier molecular flexibility index (Phi) is 6.68. The van der Waals surface area contributed by atoms with E-state index >= 15 is 0 Å². The van der Waals surface area contributed by atoms with Crippen molar-refractivity contribution in [2.75, 3.05) is 5.75 Å². The molecule has 1 amide bonds. The molecule has 1 aromatic heterocycles. The van der Waals surface area contributed by atoms with E-state index in [2.05, 4.69) is 27.8 Å². The van der Waals surface area contributed by atoms with Crippen LogP contribution in [0.2, 0.25) is 0 Å². The van der Waals surface area contributed by atoms with E-state index in [-0.39, 0.29) is 5.91 Å². The Hall–Kier alpha value is -1.05. The lowest BCUT2D eigenvalue weighted by Gasteiger charge is -2.02. The average Bonchev–Trinajstić information content (AvgIpc) is 2.38. The zero-order valence-electron chi connectivity index (χ0n) is 8.79. The molecule has 0 fully saturated rings. The average molecular weight is 285 g/mol. The molecule has 0 aromatic carbocycles. The summed E-state index contributed by atoms with van der Waals surface area (Å²) < 4.78 is 2.24. The summed E-state index contributed by atoms with van der Waals surface area (Å²) in [6.07, 6.45) is 5.05. The number of hydrogen-bond acceptors (Lipinski definition) is 5. The summed E-state index contributed by atoms with van der Waals surface area (Å²) in [6.45, 7) is 0. The van der Waals surface area contributed by atoms with Crippen LogP contribution in [0.3, 0.4) is 0 Å². The van der Waals surface area contributed by atoms with Crippen molar-refractivity contribution >= 4 is 47.7 Å². The maximum Gasteiger partial charge on any atom is 0.239 e. The highest BCUT2D eigenvalue weighted by Crippen LogP contribution is 2.01. The molecule has 1 aromatic rings. The minimum absolute atomic E-state index is 0.139. The molecule has 0 unspecified atom stereocenters. The second-order valence-electron chi connectivity index (χ2n) is 2.86. The fourth-order valence-electron chi connectivity index (χ4n) is 0.901. The summed E-state index contributed by atoms with van der Waals surface area (Å²) in [6, 6.07) is 3.65. The monoisotopic (exact) mass is 285 g/mol. The molecule has 0 saturated heterocycles. The molecule has 0 atom stereocenters. The van der Waals surface area contributed by atoms with E-state index in [1.165, 1.54) is 11.8 Å². The van der Waals surface area contributed by atoms with E-state index in [0.29, 0.717) is 10.7 Å². The zero-order valence-corrected chi connectivity index (χ0v) is 11.3. The van der Waals surface area contributed by atoms with Gasteiger partial charge in [0.05, 0.1) is 5.75 Å². The van der Waals surface area contributed by atoms with Crippen molar-refractivity contribution < 1.29 is 4.79 Å². The van der Waals surface area contributed by atoms with Gasteiger partial charge in [-0.15, -0.1) is 11.8 Å². The van der Waals surface area contributed by atoms with Crippen LogP contribution in [-0.4, -0.2) is 21.6 Å². The van der Waals surface area contributed by atoms with E-state index in [1.54, 1.807) is 24.0 Å². The summed E-state index contributed by atoms with van der Waals surface area (Å²) in [4.78, 5) is 15.4. The Morgan fingerprint density at radius 2 is 2.24 bits per heavy atom. The summed E-state index contributed by atoms with van der Waals surface area (Å²) in [7, 11) is 0. The first-order valence-electron chi connectivity index (χ1n) is 4.64. The van der Waals surface area contributed by atoms with Gasteiger partial charge in [0, 0.05) is 24.2 Å². The third-order valence-corrected chi connectivity index (χ3v) is 3.02. The van der Waals surface area contributed by atoms with Gasteiger partial charge in [0.25, 0.3) is 0 Å². The van der Waals surface area contributed by atoms with Crippen LogP contribution in [0.5, 0.6) is 0 Å². The lowest BCUT2D eigenvalue weighted by atomic mass is 10.3. The van der Waals surface area contributed by atoms with Crippen molar-refractivity contribution in [2.24, 2.45) is 0 Å². The topological polar surface area (TPSA) is 54.0 Å². The fraction of sp³-hybridized carbons (Fsp3) is 0.100. The molecule has 7 heteroatoms. The molecule has 0 bridgehead atoms. The van der Waals surface area contributed by atoms with Crippen LogP contribution < -0.4 is 10.0 Å². The number of thiocarbonyl (C=S) groups is 1. The predicted molar refractivity (Wildman–Crippen MR) is 77.8 cm³/mol. The second kappa shape index (κ2) is 8.10. The highest BCUT2D eigenvalue weighted by atomic mass is 32.2. The smallest absolute Gasteiger partial charge is 0.239 e. The number of pyridine rings is 1. The molecule has 4 nitrogen and oxygen atoms in total. The van der Waals surface area contributed by atoms with Crippen molar-refractivity contribution in [1.29, 1.82) is 0 Å². The Labute approximate surface area is 115 Å². The van der Waals surface area contributed by atoms with Crippen molar-refractivity contribution in [1.82, 2.24) is 15.0 Å². The van der Waals surface area contributed by atoms with Gasteiger partial charge in [-0.05, 0) is 17.5 Å². The number of amides is 1. The third-order valence-electron chi connectivity index (χ3n) is 1.66. The number of nitrogens with zero attached hydrogens (tertiary/aromatic N) is 1. The number of hydrogen-bond donors (Lipinski definition) is 3. The molecular formula is C10H11N3OS3. The quantitative estimate of drug-likeness (QED) is 0.565. The molecule has 0 aliphatic rings. The second-order valence-corrected chi connectivity index (χ2v) is 4.38. The van der Waals surface area contributed by atoms with E-state index in [4.69, 9.17) is 12.2 Å². The number of nitrogens with one attached hydrogen (secondary N) is 2. The first-order valence-corrected chi connectivity index (χ1v) is 6.55. The predicted octanol–water partition coefficient (Wildman–Crippen LogP) is 1.51. The van der Waals surface area contributed by atoms with Gasteiger partial charge in [0.15, 0.2) is 0 Å². The molecule has 0 aliphatic heterocycles. The summed E-state index contributed by atoms with van der Waals surface area (Å²) >= 11 is 10.1. The van der Waals surface area contributed by atoms with E-state index < -0.39 is 0 Å². The molecular weight excluding hydrogens is 274 g/mol. The van der Waals surface area contributed by atoms with E-state index in [9.17, 15) is 4.79 Å². The molecule has 1 rings (SSSR count). The molecule has 1 heterocycles. The van der Waals surface area contributed by atoms with Crippen molar-refractivity contribution in [2.45, 2.75) is 0 Å². The number of thiol groups is 1. The number of aromatic nitrogens is 1. The maximum absolute atomic E-state index is 10.8. The Morgan fingerprint density at radius 3 is 2.88 bits per heavy atom. The van der Waals surface area contributed by atoms with Gasteiger partial charge in [0.1, 0.15) is 4.99 Å². The zero-order chi connectivity index (χ0) is 12.5. The van der Waals surface area contributed by atoms with Crippen molar-refractivity contribution in [3.8, 4) is 0 Å². The van der Waals surface area contributed by atoms with Gasteiger partial charge in [-0.2, -0.15) is 0 Å². The first kappa shape index (κ1) is 14.0. The number of thioether (sulfide) groups is 1. The summed E-state index contributed by atoms with van der Waals surface area (Å²) in [5, 5.41) is 4.70. The van der Waals surface area contributed by atoms with Gasteiger partial charge in [-0.1, -0.05) is 25.0 Å². The molecule has 90 valence electrons. The Balaban J connectivity index is 2.29. The van der Waals surface area contributed by atoms with Gasteiger partial charge in [0.2, 0.25) is 5.91 Å². The van der Waals surface area contributed by atoms with Gasteiger partial charge in [-0.3, -0.25) is 9.78 Å². The van der Waals surface area contributed by atoms with Gasteiger partial charge < -0.3 is 10.0 Å². The van der Waals surface area contributed by atoms with Crippen LogP contribution in [-0.2, 0) is 4.79 Å². The van der Waals surface area contributed by atoms with Crippen LogP contribution >= 0.6 is 36.8 Å². The SMILES string of the molecule is O=C(CS/C=C/NC(=S)c1ccncc1)NS. The van der Waals surface area contributed by atoms with Crippen LogP contribution in [0.15, 0.2) is 36.1 Å². The molecule has 17 heavy (non-hydrogen) atoms. The Bertz CT molecular complexity index is 409. The minimum atomic E-state index is -0.139. The fourth-order valence-corrected chi connectivity index (χ4v) is 1.77. The van der Waals surface area contributed by atoms with Crippen LogP contribution in [0.25, 0.3) is 0 Å². The van der Waals surface area contributed by atoms with E-state index in [1.807, 2.05) is 12.1 Å². The molecule has 0 aliphatic carbocycles. The summed E-state index contributed by atoms with van der Waals surface area (Å²) in [5.41, 5.74) is 0.901. The molecule has 0 spiro atoms. The van der Waals surface area contributed by atoms with Gasteiger partial charge in [-0.25, -0.2) is 0 Å². The maximum atomic E-state index is 10.8. The number of rotatable bonds is 5. The first-order chi connectivity index (χ1) is 8.24. The van der Waals surface area contributed by atoms with Gasteiger partial charge >= 0.3 is 0 Å². The largest absolute Gasteiger partial charge is 0.352 e. The number of carbonyl (C=O) groups excluding carboxylic acids is 1. The lowest BCUT2D eigenvalue weighted by Crippen LogP contribution is -2.16. The van der Waals surface area contributed by atoms with Crippen LogP contribution in [0, 0.1) is 0 Å². The summed E-state index contributed by atoms with van der Waals surface area (Å²) in [5.74, 6) is 0.184. The van der Waals surface area contributed by atoms with Crippen molar-refractivity contribution in [3.05, 3.63) is 41.7 Å². The lowest BCUT2D eigenvalue weighted by molar-refractivity contribution is -0.116. The number of carbonyl (C=O) groups is 1. The highest BCUT2D eigenvalue weighted by Gasteiger charge is 1.97. The third kappa shape index (κ3) is 5.71. The van der Waals surface area contributed by atoms with Crippen molar-refractivity contribution in [3.63, 3.8) is 0 Å². The van der Waals surface area contributed by atoms with E-state index in [0.717, 1.165) is 5.56 Å². The molecule has 2 N–H and O–H groups in total. The van der Waals surface area contributed by atoms with Crippen LogP contribution in [0.4, 0.5) is 0 Å². The van der Waals surface area contributed by atoms with Crippen LogP contribution in [0.1, 0.15) is 5.56 Å². The standard InChI is InChI=1S/C10H11N3OS3/c14-9(13-16)7-17-6-5-12-10(15)8-1-3-11-4-2-8/h1-6,16H,7H2,(H,12,15)(H,13,14)/b6-5+. The Morgan fingerprint density at radius 1 is 1.53 bits per heavy atom. The normalized spacial score (nSPS) is 10.2.